The lowest BCUT2D eigenvalue weighted by Crippen LogP contribution is -2.44. The summed E-state index contributed by atoms with van der Waals surface area (Å²) in [6.07, 6.45) is 10.3. The zero-order valence-electron chi connectivity index (χ0n) is 19.7. The summed E-state index contributed by atoms with van der Waals surface area (Å²) in [7, 11) is 0. The second-order valence-corrected chi connectivity index (χ2v) is 9.63. The minimum Gasteiger partial charge on any atom is -0.355 e. The van der Waals surface area contributed by atoms with Gasteiger partial charge in [-0.1, -0.05) is 24.2 Å². The molecule has 0 unspecified atom stereocenters. The van der Waals surface area contributed by atoms with Gasteiger partial charge >= 0.3 is 0 Å². The zero-order valence-corrected chi connectivity index (χ0v) is 20.5. The van der Waals surface area contributed by atoms with Crippen molar-refractivity contribution in [2.45, 2.75) is 39.2 Å². The van der Waals surface area contributed by atoms with Crippen molar-refractivity contribution in [3.8, 4) is 0 Å². The Hall–Kier alpha value is -3.03. The number of pyridine rings is 1. The highest BCUT2D eigenvalue weighted by Gasteiger charge is 2.46. The molecule has 34 heavy (non-hydrogen) atoms. The standard InChI is InChI=1S/C26H30ClN7/c1-4-29-12-7-19(17(2)27)23-18(3)32-25(22-8-13-31-34(22)23)33-14-9-26(10-15-33)16-21-20(24(26)28)6-5-11-30-21/h5-8,11-13,24H,2,4,9-10,14-16,28H2,1,3H3/b19-7+,29-12?/t24-/m1/s1. The van der Waals surface area contributed by atoms with E-state index in [4.69, 9.17) is 22.3 Å². The third-order valence-corrected chi connectivity index (χ3v) is 7.48. The SMILES string of the molecule is C=C(Cl)/C(=C\C=NCC)c1c(C)nc(N2CCC3(CC2)Cc2ncccc2[C@H]3N)c2ccnn12. The van der Waals surface area contributed by atoms with E-state index in [1.165, 1.54) is 5.56 Å². The molecule has 0 aromatic carbocycles. The predicted octanol–water partition coefficient (Wildman–Crippen LogP) is 4.50. The molecule has 2 N–H and O–H groups in total. The number of hydrogen-bond acceptors (Lipinski definition) is 6. The molecule has 176 valence electrons. The van der Waals surface area contributed by atoms with Gasteiger partial charge in [-0.25, -0.2) is 9.50 Å². The van der Waals surface area contributed by atoms with E-state index in [9.17, 15) is 0 Å². The molecule has 0 bridgehead atoms. The van der Waals surface area contributed by atoms with Gasteiger partial charge in [-0.05, 0) is 62.3 Å². The Morgan fingerprint density at radius 2 is 2.12 bits per heavy atom. The largest absolute Gasteiger partial charge is 0.355 e. The summed E-state index contributed by atoms with van der Waals surface area (Å²) < 4.78 is 1.92. The molecular weight excluding hydrogens is 446 g/mol. The molecule has 1 atom stereocenters. The summed E-state index contributed by atoms with van der Waals surface area (Å²) in [6.45, 7) is 10.4. The Labute approximate surface area is 205 Å². The van der Waals surface area contributed by atoms with Crippen LogP contribution in [0.5, 0.6) is 0 Å². The smallest absolute Gasteiger partial charge is 0.155 e. The molecule has 0 radical (unpaired) electrons. The summed E-state index contributed by atoms with van der Waals surface area (Å²) in [5.74, 6) is 0.942. The van der Waals surface area contributed by atoms with Crippen LogP contribution < -0.4 is 10.6 Å². The van der Waals surface area contributed by atoms with Gasteiger partial charge in [0.25, 0.3) is 0 Å². The number of hydrogen-bond donors (Lipinski definition) is 1. The van der Waals surface area contributed by atoms with Crippen molar-refractivity contribution in [2.24, 2.45) is 16.1 Å². The number of aryl methyl sites for hydroxylation is 1. The summed E-state index contributed by atoms with van der Waals surface area (Å²) in [5, 5.41) is 5.04. The van der Waals surface area contributed by atoms with Crippen molar-refractivity contribution in [2.75, 3.05) is 24.5 Å². The normalized spacial score (nSPS) is 19.9. The van der Waals surface area contributed by atoms with Crippen LogP contribution in [-0.2, 0) is 6.42 Å². The highest BCUT2D eigenvalue weighted by Crippen LogP contribution is 2.50. The summed E-state index contributed by atoms with van der Waals surface area (Å²) in [6, 6.07) is 6.17. The second kappa shape index (κ2) is 8.96. The van der Waals surface area contributed by atoms with Crippen LogP contribution in [0.3, 0.4) is 0 Å². The van der Waals surface area contributed by atoms with E-state index in [0.29, 0.717) is 11.6 Å². The van der Waals surface area contributed by atoms with Crippen LogP contribution in [0.2, 0.25) is 0 Å². The minimum atomic E-state index is 0.0395. The van der Waals surface area contributed by atoms with Crippen LogP contribution in [0.15, 0.2) is 53.3 Å². The first-order valence-electron chi connectivity index (χ1n) is 11.8. The Bertz CT molecular complexity index is 1300. The third-order valence-electron chi connectivity index (χ3n) is 7.28. The monoisotopic (exact) mass is 475 g/mol. The number of aliphatic imine (C=N–C) groups is 1. The Balaban J connectivity index is 1.46. The number of allylic oxidation sites excluding steroid dienone is 3. The maximum absolute atomic E-state index is 6.74. The van der Waals surface area contributed by atoms with Crippen molar-refractivity contribution < 1.29 is 0 Å². The Kier molecular flexibility index (Phi) is 6.00. The first-order chi connectivity index (χ1) is 16.4. The van der Waals surface area contributed by atoms with Crippen molar-refractivity contribution in [1.82, 2.24) is 19.6 Å². The van der Waals surface area contributed by atoms with Crippen LogP contribution in [0.25, 0.3) is 11.1 Å². The van der Waals surface area contributed by atoms with Gasteiger partial charge in [-0.15, -0.1) is 0 Å². The fourth-order valence-electron chi connectivity index (χ4n) is 5.45. The highest BCUT2D eigenvalue weighted by molar-refractivity contribution is 6.37. The Morgan fingerprint density at radius 3 is 2.82 bits per heavy atom. The number of aromatic nitrogens is 4. The lowest BCUT2D eigenvalue weighted by molar-refractivity contribution is 0.187. The average Bonchev–Trinajstić information content (AvgIpc) is 3.41. The van der Waals surface area contributed by atoms with Crippen molar-refractivity contribution >= 4 is 34.7 Å². The molecule has 1 fully saturated rings. The molecule has 8 heteroatoms. The van der Waals surface area contributed by atoms with Crippen LogP contribution in [0.1, 0.15) is 48.5 Å². The molecule has 0 amide bonds. The molecule has 3 aromatic heterocycles. The quantitative estimate of drug-likeness (QED) is 0.433. The molecular formula is C26H30ClN7. The van der Waals surface area contributed by atoms with Gasteiger partial charge in [0, 0.05) is 54.4 Å². The number of nitrogens with zero attached hydrogens (tertiary/aromatic N) is 6. The van der Waals surface area contributed by atoms with Gasteiger partial charge in [0.1, 0.15) is 5.52 Å². The van der Waals surface area contributed by atoms with Crippen LogP contribution in [0.4, 0.5) is 5.82 Å². The number of anilines is 1. The molecule has 5 rings (SSSR count). The minimum absolute atomic E-state index is 0.0395. The van der Waals surface area contributed by atoms with Gasteiger partial charge in [-0.3, -0.25) is 9.98 Å². The van der Waals surface area contributed by atoms with Crippen LogP contribution >= 0.6 is 11.6 Å². The van der Waals surface area contributed by atoms with E-state index in [0.717, 1.165) is 66.3 Å². The van der Waals surface area contributed by atoms with Crippen LogP contribution in [-0.4, -0.2) is 45.4 Å². The van der Waals surface area contributed by atoms with Gasteiger partial charge in [0.2, 0.25) is 0 Å². The molecule has 1 aliphatic carbocycles. The van der Waals surface area contributed by atoms with Crippen molar-refractivity contribution in [3.63, 3.8) is 0 Å². The maximum Gasteiger partial charge on any atom is 0.155 e. The van der Waals surface area contributed by atoms with E-state index < -0.39 is 0 Å². The summed E-state index contributed by atoms with van der Waals surface area (Å²) in [4.78, 5) is 16.3. The van der Waals surface area contributed by atoms with E-state index in [1.807, 2.05) is 42.8 Å². The predicted molar refractivity (Wildman–Crippen MR) is 138 cm³/mol. The Morgan fingerprint density at radius 1 is 1.32 bits per heavy atom. The zero-order chi connectivity index (χ0) is 23.9. The average molecular weight is 476 g/mol. The third kappa shape index (κ3) is 3.73. The first-order valence-corrected chi connectivity index (χ1v) is 12.2. The van der Waals surface area contributed by atoms with E-state index in [1.54, 1.807) is 12.4 Å². The molecule has 4 heterocycles. The number of halogens is 1. The van der Waals surface area contributed by atoms with E-state index >= 15 is 0 Å². The van der Waals surface area contributed by atoms with Gasteiger partial charge in [0.05, 0.1) is 17.6 Å². The van der Waals surface area contributed by atoms with Gasteiger partial charge < -0.3 is 10.6 Å². The van der Waals surface area contributed by atoms with Crippen molar-refractivity contribution in [1.29, 1.82) is 0 Å². The molecule has 2 aliphatic rings. The molecule has 1 saturated heterocycles. The highest BCUT2D eigenvalue weighted by atomic mass is 35.5. The second-order valence-electron chi connectivity index (χ2n) is 9.17. The topological polar surface area (TPSA) is 84.7 Å². The maximum atomic E-state index is 6.74. The van der Waals surface area contributed by atoms with E-state index in [-0.39, 0.29) is 11.5 Å². The van der Waals surface area contributed by atoms with Gasteiger partial charge in [0.15, 0.2) is 5.82 Å². The number of nitrogens with two attached hydrogens (primary N) is 1. The molecule has 3 aromatic rings. The van der Waals surface area contributed by atoms with Gasteiger partial charge in [-0.2, -0.15) is 5.10 Å². The summed E-state index contributed by atoms with van der Waals surface area (Å²) in [5.41, 5.74) is 12.6. The van der Waals surface area contributed by atoms with Crippen LogP contribution in [0, 0.1) is 12.3 Å². The van der Waals surface area contributed by atoms with E-state index in [2.05, 4.69) is 32.6 Å². The van der Waals surface area contributed by atoms with Crippen molar-refractivity contribution in [3.05, 3.63) is 70.9 Å². The molecule has 0 saturated carbocycles. The lowest BCUT2D eigenvalue weighted by atomic mass is 9.73. The number of rotatable bonds is 5. The molecule has 1 aliphatic heterocycles. The fourth-order valence-corrected chi connectivity index (χ4v) is 5.60. The molecule has 7 nitrogen and oxygen atoms in total. The number of piperidine rings is 1. The first kappa shape index (κ1) is 22.7. The fraction of sp³-hybridized carbons (Fsp3) is 0.385. The lowest BCUT2D eigenvalue weighted by Gasteiger charge is -2.42. The molecule has 1 spiro atoms. The number of fused-ring (bicyclic) bond motifs is 2. The summed E-state index contributed by atoms with van der Waals surface area (Å²) >= 11 is 6.39.